The molecule has 113 valence electrons. The van der Waals surface area contributed by atoms with Gasteiger partial charge in [0.2, 0.25) is 0 Å². The van der Waals surface area contributed by atoms with E-state index in [1.165, 1.54) is 49.7 Å². The lowest BCUT2D eigenvalue weighted by molar-refractivity contribution is 0.572. The first-order valence-electron chi connectivity index (χ1n) is 8.39. The highest BCUT2D eigenvalue weighted by atomic mass is 14.2. The topological polar surface area (TPSA) is 0 Å². The van der Waals surface area contributed by atoms with Crippen molar-refractivity contribution in [3.8, 4) is 0 Å². The third kappa shape index (κ3) is 5.69. The van der Waals surface area contributed by atoms with Crippen molar-refractivity contribution < 1.29 is 0 Å². The van der Waals surface area contributed by atoms with Crippen LogP contribution in [0.15, 0.2) is 24.3 Å². The van der Waals surface area contributed by atoms with Gasteiger partial charge in [0.05, 0.1) is 0 Å². The molecule has 0 aliphatic rings. The Morgan fingerprint density at radius 1 is 0.950 bits per heavy atom. The summed E-state index contributed by atoms with van der Waals surface area (Å²) in [5.74, 6) is 0.630. The Labute approximate surface area is 127 Å². The van der Waals surface area contributed by atoms with E-state index in [1.807, 2.05) is 0 Å². The van der Waals surface area contributed by atoms with Crippen LogP contribution in [0, 0.1) is 6.42 Å². The van der Waals surface area contributed by atoms with Crippen molar-refractivity contribution in [2.45, 2.75) is 84.5 Å². The van der Waals surface area contributed by atoms with Gasteiger partial charge < -0.3 is 0 Å². The van der Waals surface area contributed by atoms with Crippen molar-refractivity contribution in [2.75, 3.05) is 0 Å². The molecule has 0 aliphatic heterocycles. The van der Waals surface area contributed by atoms with Crippen LogP contribution in [0.5, 0.6) is 0 Å². The lowest BCUT2D eigenvalue weighted by Gasteiger charge is -2.21. The highest BCUT2D eigenvalue weighted by molar-refractivity contribution is 5.30. The number of unbranched alkanes of at least 4 members (excludes halogenated alkanes) is 4. The van der Waals surface area contributed by atoms with Crippen LogP contribution < -0.4 is 0 Å². The van der Waals surface area contributed by atoms with Crippen LogP contribution in [0.1, 0.15) is 90.2 Å². The molecule has 0 N–H and O–H groups in total. The Kier molecular flexibility index (Phi) is 7.34. The fourth-order valence-electron chi connectivity index (χ4n) is 2.72. The average Bonchev–Trinajstić information content (AvgIpc) is 2.42. The third-order valence-electron chi connectivity index (χ3n) is 4.23. The molecule has 1 radical (unpaired) electrons. The van der Waals surface area contributed by atoms with Gasteiger partial charge in [-0.15, -0.1) is 0 Å². The fourth-order valence-corrected chi connectivity index (χ4v) is 2.72. The van der Waals surface area contributed by atoms with Gasteiger partial charge >= 0.3 is 0 Å². The molecular formula is C20H33. The summed E-state index contributed by atoms with van der Waals surface area (Å²) >= 11 is 0. The van der Waals surface area contributed by atoms with Gasteiger partial charge in [0.1, 0.15) is 0 Å². The van der Waals surface area contributed by atoms with E-state index in [9.17, 15) is 0 Å². The summed E-state index contributed by atoms with van der Waals surface area (Å²) in [6.07, 6.45) is 10.5. The van der Waals surface area contributed by atoms with E-state index in [2.05, 4.69) is 65.3 Å². The Hall–Kier alpha value is -0.780. The summed E-state index contributed by atoms with van der Waals surface area (Å²) in [7, 11) is 0. The molecule has 1 aromatic carbocycles. The van der Waals surface area contributed by atoms with Crippen molar-refractivity contribution in [1.82, 2.24) is 0 Å². The maximum atomic E-state index is 2.37. The molecule has 0 bridgehead atoms. The summed E-state index contributed by atoms with van der Waals surface area (Å²) in [5, 5.41) is 0. The normalized spacial score (nSPS) is 13.4. The molecular weight excluding hydrogens is 240 g/mol. The van der Waals surface area contributed by atoms with Crippen LogP contribution in [-0.2, 0) is 5.41 Å². The molecule has 20 heavy (non-hydrogen) atoms. The van der Waals surface area contributed by atoms with Crippen molar-refractivity contribution >= 4 is 0 Å². The monoisotopic (exact) mass is 273 g/mol. The molecule has 0 amide bonds. The number of benzene rings is 1. The zero-order valence-electron chi connectivity index (χ0n) is 14.2. The van der Waals surface area contributed by atoms with Crippen LogP contribution in [-0.4, -0.2) is 0 Å². The van der Waals surface area contributed by atoms with Gasteiger partial charge in [-0.3, -0.25) is 0 Å². The first-order chi connectivity index (χ1) is 9.49. The van der Waals surface area contributed by atoms with Gasteiger partial charge in [-0.2, -0.15) is 0 Å². The second-order valence-electron chi connectivity index (χ2n) is 7.01. The zero-order chi connectivity index (χ0) is 15.0. The second-order valence-corrected chi connectivity index (χ2v) is 7.01. The van der Waals surface area contributed by atoms with E-state index >= 15 is 0 Å². The summed E-state index contributed by atoms with van der Waals surface area (Å²) < 4.78 is 0. The van der Waals surface area contributed by atoms with Gasteiger partial charge in [-0.1, -0.05) is 91.0 Å². The van der Waals surface area contributed by atoms with Crippen LogP contribution in [0.4, 0.5) is 0 Å². The van der Waals surface area contributed by atoms with Gasteiger partial charge in [-0.25, -0.2) is 0 Å². The third-order valence-corrected chi connectivity index (χ3v) is 4.23. The number of rotatable bonds is 8. The molecule has 0 aliphatic carbocycles. The van der Waals surface area contributed by atoms with E-state index in [0.29, 0.717) is 5.92 Å². The average molecular weight is 273 g/mol. The standard InChI is InChI=1S/C20H33/c1-6-8-9-10-11-12-17(7-2)18-13-15-19(16-14-18)20(3,4)5/h7,13-17H,6,8-12H2,1-5H3. The molecule has 0 nitrogen and oxygen atoms in total. The highest BCUT2D eigenvalue weighted by Gasteiger charge is 2.15. The van der Waals surface area contributed by atoms with E-state index < -0.39 is 0 Å². The van der Waals surface area contributed by atoms with Gasteiger partial charge in [0.25, 0.3) is 0 Å². The molecule has 1 atom stereocenters. The van der Waals surface area contributed by atoms with Crippen molar-refractivity contribution in [2.24, 2.45) is 0 Å². The summed E-state index contributed by atoms with van der Waals surface area (Å²) in [6.45, 7) is 11.3. The molecule has 0 saturated heterocycles. The molecule has 1 unspecified atom stereocenters. The number of hydrogen-bond acceptors (Lipinski definition) is 0. The minimum atomic E-state index is 0.254. The summed E-state index contributed by atoms with van der Waals surface area (Å²) in [4.78, 5) is 0. The first kappa shape index (κ1) is 17.3. The molecule has 0 heterocycles. The molecule has 0 fully saturated rings. The lowest BCUT2D eigenvalue weighted by Crippen LogP contribution is -2.11. The van der Waals surface area contributed by atoms with Gasteiger partial charge in [-0.05, 0) is 35.3 Å². The van der Waals surface area contributed by atoms with Crippen LogP contribution in [0.2, 0.25) is 0 Å². The first-order valence-corrected chi connectivity index (χ1v) is 8.39. The minimum absolute atomic E-state index is 0.254. The molecule has 0 spiro atoms. The Balaban J connectivity index is 2.53. The van der Waals surface area contributed by atoms with Gasteiger partial charge in [0, 0.05) is 0 Å². The molecule has 0 aromatic heterocycles. The molecule has 0 heteroatoms. The van der Waals surface area contributed by atoms with E-state index in [0.717, 1.165) is 0 Å². The highest BCUT2D eigenvalue weighted by Crippen LogP contribution is 2.28. The van der Waals surface area contributed by atoms with Crippen LogP contribution in [0.3, 0.4) is 0 Å². The maximum absolute atomic E-state index is 2.37. The maximum Gasteiger partial charge on any atom is -0.0132 e. The van der Waals surface area contributed by atoms with Crippen LogP contribution in [0.25, 0.3) is 0 Å². The molecule has 0 saturated carbocycles. The molecule has 1 aromatic rings. The Bertz CT molecular complexity index is 353. The Morgan fingerprint density at radius 3 is 2.05 bits per heavy atom. The van der Waals surface area contributed by atoms with E-state index in [4.69, 9.17) is 0 Å². The van der Waals surface area contributed by atoms with Crippen molar-refractivity contribution in [1.29, 1.82) is 0 Å². The predicted molar refractivity (Wildman–Crippen MR) is 91.2 cm³/mol. The smallest absolute Gasteiger partial charge is 0.0132 e. The SMILES string of the molecule is C[CH]C(CCCCCCC)c1ccc(C(C)(C)C)cc1. The van der Waals surface area contributed by atoms with Crippen LogP contribution >= 0.6 is 0 Å². The summed E-state index contributed by atoms with van der Waals surface area (Å²) in [5.41, 5.74) is 3.17. The molecule has 1 rings (SSSR count). The largest absolute Gasteiger partial charge is 0.0654 e. The van der Waals surface area contributed by atoms with Gasteiger partial charge in [0.15, 0.2) is 0 Å². The Morgan fingerprint density at radius 2 is 1.55 bits per heavy atom. The minimum Gasteiger partial charge on any atom is -0.0654 e. The van der Waals surface area contributed by atoms with Crippen molar-refractivity contribution in [3.05, 3.63) is 41.8 Å². The van der Waals surface area contributed by atoms with E-state index in [1.54, 1.807) is 0 Å². The van der Waals surface area contributed by atoms with E-state index in [-0.39, 0.29) is 5.41 Å². The predicted octanol–water partition coefficient (Wildman–Crippen LogP) is 6.65. The fraction of sp³-hybridized carbons (Fsp3) is 0.650. The number of hydrogen-bond donors (Lipinski definition) is 0. The summed E-state index contributed by atoms with van der Waals surface area (Å²) in [6, 6.07) is 9.28. The second kappa shape index (κ2) is 8.49. The quantitative estimate of drug-likeness (QED) is 0.465. The lowest BCUT2D eigenvalue weighted by atomic mass is 9.84. The zero-order valence-corrected chi connectivity index (χ0v) is 14.2. The van der Waals surface area contributed by atoms with Crippen molar-refractivity contribution in [3.63, 3.8) is 0 Å².